The zero-order valence-corrected chi connectivity index (χ0v) is 15.7. The molecule has 0 saturated heterocycles. The van der Waals surface area contributed by atoms with E-state index in [2.05, 4.69) is 13.8 Å². The minimum atomic E-state index is -3.59. The zero-order valence-electron chi connectivity index (χ0n) is 14.9. The highest BCUT2D eigenvalue weighted by atomic mass is 32.2. The molecule has 0 aliphatic carbocycles. The van der Waals surface area contributed by atoms with Gasteiger partial charge in [-0.1, -0.05) is 44.2 Å². The van der Waals surface area contributed by atoms with E-state index in [-0.39, 0.29) is 17.1 Å². The second kappa shape index (κ2) is 7.80. The Morgan fingerprint density at radius 3 is 2.28 bits per heavy atom. The maximum atomic E-state index is 12.2. The molecular formula is C19H23NO4S. The van der Waals surface area contributed by atoms with Crippen LogP contribution in [-0.4, -0.2) is 32.8 Å². The molecule has 0 N–H and O–H groups in total. The van der Waals surface area contributed by atoms with Crippen LogP contribution in [0.5, 0.6) is 0 Å². The normalized spacial score (nSPS) is 11.8. The maximum Gasteiger partial charge on any atom is 0.338 e. The molecule has 0 aliphatic heterocycles. The topological polar surface area (TPSA) is 63.7 Å². The second-order valence-corrected chi connectivity index (χ2v) is 8.44. The molecule has 6 heteroatoms. The second-order valence-electron chi connectivity index (χ2n) is 6.29. The van der Waals surface area contributed by atoms with Gasteiger partial charge in [0.2, 0.25) is 10.0 Å². The van der Waals surface area contributed by atoms with Crippen molar-refractivity contribution in [3.05, 3.63) is 65.2 Å². The molecular weight excluding hydrogens is 338 g/mol. The van der Waals surface area contributed by atoms with Crippen LogP contribution in [0.2, 0.25) is 0 Å². The van der Waals surface area contributed by atoms with Gasteiger partial charge < -0.3 is 4.74 Å². The van der Waals surface area contributed by atoms with Crippen LogP contribution >= 0.6 is 0 Å². The SMILES string of the molecule is CC(C)c1ccc(COC(=O)c2cccc(S(=O)(=O)N(C)C)c2)cc1. The molecule has 0 spiro atoms. The van der Waals surface area contributed by atoms with E-state index >= 15 is 0 Å². The van der Waals surface area contributed by atoms with Crippen molar-refractivity contribution in [2.45, 2.75) is 31.3 Å². The number of carbonyl (C=O) groups is 1. The Labute approximate surface area is 149 Å². The van der Waals surface area contributed by atoms with E-state index < -0.39 is 16.0 Å². The van der Waals surface area contributed by atoms with Gasteiger partial charge >= 0.3 is 5.97 Å². The molecule has 0 fully saturated rings. The smallest absolute Gasteiger partial charge is 0.338 e. The summed E-state index contributed by atoms with van der Waals surface area (Å²) in [7, 11) is -0.696. The number of esters is 1. The minimum Gasteiger partial charge on any atom is -0.457 e. The summed E-state index contributed by atoms with van der Waals surface area (Å²) in [6, 6.07) is 13.7. The van der Waals surface area contributed by atoms with E-state index in [1.165, 1.54) is 37.9 Å². The number of hydrogen-bond donors (Lipinski definition) is 0. The average Bonchev–Trinajstić information content (AvgIpc) is 2.60. The van der Waals surface area contributed by atoms with Crippen molar-refractivity contribution >= 4 is 16.0 Å². The monoisotopic (exact) mass is 361 g/mol. The fourth-order valence-corrected chi connectivity index (χ4v) is 3.17. The molecule has 2 rings (SSSR count). The third-order valence-corrected chi connectivity index (χ3v) is 5.68. The molecule has 0 saturated carbocycles. The van der Waals surface area contributed by atoms with Crippen LogP contribution < -0.4 is 0 Å². The lowest BCUT2D eigenvalue weighted by Crippen LogP contribution is -2.22. The molecule has 0 unspecified atom stereocenters. The number of rotatable bonds is 6. The summed E-state index contributed by atoms with van der Waals surface area (Å²) in [5.41, 5.74) is 2.31. The molecule has 2 aromatic rings. The quantitative estimate of drug-likeness (QED) is 0.740. The Morgan fingerprint density at radius 2 is 1.72 bits per heavy atom. The van der Waals surface area contributed by atoms with Gasteiger partial charge in [0, 0.05) is 14.1 Å². The summed E-state index contributed by atoms with van der Waals surface area (Å²) in [6.07, 6.45) is 0. The van der Waals surface area contributed by atoms with Crippen LogP contribution in [0.1, 0.15) is 41.3 Å². The van der Waals surface area contributed by atoms with E-state index in [1.54, 1.807) is 6.07 Å². The molecule has 0 bridgehead atoms. The summed E-state index contributed by atoms with van der Waals surface area (Å²) in [5, 5.41) is 0. The lowest BCUT2D eigenvalue weighted by Gasteiger charge is -2.12. The fraction of sp³-hybridized carbons (Fsp3) is 0.316. The highest BCUT2D eigenvalue weighted by Gasteiger charge is 2.19. The molecule has 0 heterocycles. The summed E-state index contributed by atoms with van der Waals surface area (Å²) in [5.74, 6) is -0.110. The third-order valence-electron chi connectivity index (χ3n) is 3.86. The lowest BCUT2D eigenvalue weighted by molar-refractivity contribution is 0.0472. The molecule has 5 nitrogen and oxygen atoms in total. The standard InChI is InChI=1S/C19H23NO4S/c1-14(2)16-10-8-15(9-11-16)13-24-19(21)17-6-5-7-18(12-17)25(22,23)20(3)4/h5-12,14H,13H2,1-4H3. The number of nitrogens with zero attached hydrogens (tertiary/aromatic N) is 1. The van der Waals surface area contributed by atoms with Gasteiger partial charge in [0.15, 0.2) is 0 Å². The third kappa shape index (κ3) is 4.67. The summed E-state index contributed by atoms with van der Waals surface area (Å²) in [4.78, 5) is 12.3. The molecule has 0 aromatic heterocycles. The van der Waals surface area contributed by atoms with Gasteiger partial charge in [0.05, 0.1) is 10.5 Å². The van der Waals surface area contributed by atoms with E-state index in [0.717, 1.165) is 9.87 Å². The van der Waals surface area contributed by atoms with Gasteiger partial charge in [0.25, 0.3) is 0 Å². The zero-order chi connectivity index (χ0) is 18.6. The van der Waals surface area contributed by atoms with Crippen molar-refractivity contribution < 1.29 is 17.9 Å². The fourth-order valence-electron chi connectivity index (χ4n) is 2.23. The first-order valence-electron chi connectivity index (χ1n) is 8.00. The molecule has 134 valence electrons. The molecule has 0 atom stereocenters. The van der Waals surface area contributed by atoms with Crippen molar-refractivity contribution in [2.24, 2.45) is 0 Å². The van der Waals surface area contributed by atoms with Gasteiger partial charge in [-0.3, -0.25) is 0 Å². The number of sulfonamides is 1. The van der Waals surface area contributed by atoms with Gasteiger partial charge in [-0.05, 0) is 35.2 Å². The molecule has 25 heavy (non-hydrogen) atoms. The predicted octanol–water partition coefficient (Wildman–Crippen LogP) is 3.42. The Kier molecular flexibility index (Phi) is 5.98. The first-order chi connectivity index (χ1) is 11.7. The number of carbonyl (C=O) groups excluding carboxylic acids is 1. The van der Waals surface area contributed by atoms with Crippen LogP contribution in [0.25, 0.3) is 0 Å². The van der Waals surface area contributed by atoms with Crippen LogP contribution in [-0.2, 0) is 21.4 Å². The van der Waals surface area contributed by atoms with Gasteiger partial charge in [-0.15, -0.1) is 0 Å². The Bertz CT molecular complexity index is 840. The van der Waals surface area contributed by atoms with Crippen LogP contribution in [0.3, 0.4) is 0 Å². The van der Waals surface area contributed by atoms with Crippen molar-refractivity contribution in [1.82, 2.24) is 4.31 Å². The largest absolute Gasteiger partial charge is 0.457 e. The predicted molar refractivity (Wildman–Crippen MR) is 97.0 cm³/mol. The van der Waals surface area contributed by atoms with Crippen LogP contribution in [0.15, 0.2) is 53.4 Å². The van der Waals surface area contributed by atoms with Crippen LogP contribution in [0, 0.1) is 0 Å². The van der Waals surface area contributed by atoms with Crippen molar-refractivity contribution in [2.75, 3.05) is 14.1 Å². The Balaban J connectivity index is 2.09. The lowest BCUT2D eigenvalue weighted by atomic mass is 10.0. The number of benzene rings is 2. The van der Waals surface area contributed by atoms with Gasteiger partial charge in [-0.2, -0.15) is 0 Å². The number of ether oxygens (including phenoxy) is 1. The first kappa shape index (κ1) is 19.1. The summed E-state index contributed by atoms with van der Waals surface area (Å²) in [6.45, 7) is 4.37. The highest BCUT2D eigenvalue weighted by molar-refractivity contribution is 7.89. The first-order valence-corrected chi connectivity index (χ1v) is 9.44. The van der Waals surface area contributed by atoms with Gasteiger partial charge in [-0.25, -0.2) is 17.5 Å². The highest BCUT2D eigenvalue weighted by Crippen LogP contribution is 2.17. The Morgan fingerprint density at radius 1 is 1.08 bits per heavy atom. The molecule has 0 amide bonds. The van der Waals surface area contributed by atoms with Crippen molar-refractivity contribution in [3.8, 4) is 0 Å². The summed E-state index contributed by atoms with van der Waals surface area (Å²) < 4.78 is 30.7. The molecule has 0 aliphatic rings. The minimum absolute atomic E-state index is 0.0632. The van der Waals surface area contributed by atoms with Crippen LogP contribution in [0.4, 0.5) is 0 Å². The Hall–Kier alpha value is -2.18. The van der Waals surface area contributed by atoms with E-state index in [9.17, 15) is 13.2 Å². The van der Waals surface area contributed by atoms with Gasteiger partial charge in [0.1, 0.15) is 6.61 Å². The molecule has 2 aromatic carbocycles. The van der Waals surface area contributed by atoms with E-state index in [1.807, 2.05) is 24.3 Å². The van der Waals surface area contributed by atoms with E-state index in [0.29, 0.717) is 5.92 Å². The number of hydrogen-bond acceptors (Lipinski definition) is 4. The average molecular weight is 361 g/mol. The van der Waals surface area contributed by atoms with Crippen molar-refractivity contribution in [3.63, 3.8) is 0 Å². The van der Waals surface area contributed by atoms with Crippen molar-refractivity contribution in [1.29, 1.82) is 0 Å². The maximum absolute atomic E-state index is 12.2. The summed E-state index contributed by atoms with van der Waals surface area (Å²) >= 11 is 0. The van der Waals surface area contributed by atoms with E-state index in [4.69, 9.17) is 4.74 Å². The molecule has 0 radical (unpaired) electrons.